The molecule has 3 rings (SSSR count). The van der Waals surface area contributed by atoms with E-state index in [0.29, 0.717) is 17.3 Å². The zero-order valence-corrected chi connectivity index (χ0v) is 15.4. The van der Waals surface area contributed by atoms with Crippen molar-refractivity contribution in [2.45, 2.75) is 33.1 Å². The van der Waals surface area contributed by atoms with Gasteiger partial charge in [0, 0.05) is 23.9 Å². The van der Waals surface area contributed by atoms with Gasteiger partial charge in [0.1, 0.15) is 5.75 Å². The molecule has 0 saturated heterocycles. The van der Waals surface area contributed by atoms with Crippen LogP contribution in [0.1, 0.15) is 31.1 Å². The van der Waals surface area contributed by atoms with E-state index in [2.05, 4.69) is 17.2 Å². The first-order valence-electron chi connectivity index (χ1n) is 8.30. The summed E-state index contributed by atoms with van der Waals surface area (Å²) in [6.07, 6.45) is 2.36. The summed E-state index contributed by atoms with van der Waals surface area (Å²) in [5.41, 5.74) is 2.44. The highest BCUT2D eigenvalue weighted by Gasteiger charge is 2.23. The van der Waals surface area contributed by atoms with Crippen molar-refractivity contribution in [3.8, 4) is 17.0 Å². The average molecular weight is 359 g/mol. The number of nitrogens with one attached hydrogen (secondary N) is 1. The van der Waals surface area contributed by atoms with E-state index in [1.165, 1.54) is 11.3 Å². The largest absolute Gasteiger partial charge is 0.482 e. The third kappa shape index (κ3) is 3.66. The zero-order chi connectivity index (χ0) is 18.0. The lowest BCUT2D eigenvalue weighted by Crippen LogP contribution is -2.35. The van der Waals surface area contributed by atoms with Gasteiger partial charge >= 0.3 is 0 Å². The fourth-order valence-corrected chi connectivity index (χ4v) is 3.51. The van der Waals surface area contributed by atoms with E-state index >= 15 is 0 Å². The second kappa shape index (κ2) is 7.23. The molecule has 0 aliphatic carbocycles. The predicted octanol–water partition coefficient (Wildman–Crippen LogP) is 3.60. The lowest BCUT2D eigenvalue weighted by Gasteiger charge is -2.26. The molecule has 0 spiro atoms. The summed E-state index contributed by atoms with van der Waals surface area (Å²) in [5.74, 6) is 0.599. The van der Waals surface area contributed by atoms with Gasteiger partial charge in [0.25, 0.3) is 5.91 Å². The normalized spacial score (nSPS) is 13.4. The van der Waals surface area contributed by atoms with Crippen LogP contribution in [0.25, 0.3) is 11.3 Å². The van der Waals surface area contributed by atoms with Gasteiger partial charge in [-0.1, -0.05) is 13.3 Å². The van der Waals surface area contributed by atoms with Crippen molar-refractivity contribution in [3.63, 3.8) is 0 Å². The molecule has 1 aliphatic rings. The minimum atomic E-state index is -0.0801. The number of benzene rings is 1. The molecule has 2 amide bonds. The number of aryl methyl sites for hydroxylation is 1. The molecule has 7 heteroatoms. The Kier molecular flexibility index (Phi) is 5.03. The number of unbranched alkanes of at least 4 members (excludes halogenated alkanes) is 1. The number of hydrogen-bond donors (Lipinski definition) is 1. The monoisotopic (exact) mass is 359 g/mol. The highest BCUT2D eigenvalue weighted by Crippen LogP contribution is 2.37. The van der Waals surface area contributed by atoms with Crippen molar-refractivity contribution >= 4 is 34.0 Å². The van der Waals surface area contributed by atoms with Crippen molar-refractivity contribution in [1.82, 2.24) is 4.98 Å². The standard InChI is InChI=1S/C18H21N3O3S/c1-4-5-6-15(22)19-18-20-17(11(2)25-18)12-7-8-14-13(9-12)21(3)16(23)10-24-14/h7-9H,4-6,10H2,1-3H3,(H,19,20,22). The Balaban J connectivity index is 1.85. The van der Waals surface area contributed by atoms with Gasteiger partial charge in [0.15, 0.2) is 11.7 Å². The van der Waals surface area contributed by atoms with E-state index in [0.717, 1.165) is 34.7 Å². The van der Waals surface area contributed by atoms with E-state index in [1.807, 2.05) is 25.1 Å². The Morgan fingerprint density at radius 1 is 1.44 bits per heavy atom. The van der Waals surface area contributed by atoms with Crippen LogP contribution in [0.4, 0.5) is 10.8 Å². The van der Waals surface area contributed by atoms with Crippen molar-refractivity contribution < 1.29 is 14.3 Å². The first-order valence-corrected chi connectivity index (χ1v) is 9.12. The second-order valence-corrected chi connectivity index (χ2v) is 7.20. The fourth-order valence-electron chi connectivity index (χ4n) is 2.66. The van der Waals surface area contributed by atoms with E-state index in [-0.39, 0.29) is 18.4 Å². The van der Waals surface area contributed by atoms with Gasteiger partial charge in [0.05, 0.1) is 11.4 Å². The molecule has 1 aromatic carbocycles. The number of hydrogen-bond acceptors (Lipinski definition) is 5. The highest BCUT2D eigenvalue weighted by molar-refractivity contribution is 7.16. The molecule has 25 heavy (non-hydrogen) atoms. The number of amides is 2. The van der Waals surface area contributed by atoms with Crippen molar-refractivity contribution in [2.24, 2.45) is 0 Å². The smallest absolute Gasteiger partial charge is 0.264 e. The summed E-state index contributed by atoms with van der Waals surface area (Å²) in [5, 5.41) is 3.47. The molecule has 2 heterocycles. The van der Waals surface area contributed by atoms with E-state index in [4.69, 9.17) is 4.74 Å². The molecule has 2 aromatic rings. The summed E-state index contributed by atoms with van der Waals surface area (Å²) in [7, 11) is 1.74. The Bertz CT molecular complexity index is 816. The molecule has 0 atom stereocenters. The molecule has 0 unspecified atom stereocenters. The van der Waals surface area contributed by atoms with Crippen LogP contribution in [0.5, 0.6) is 5.75 Å². The molecule has 0 saturated carbocycles. The minimum Gasteiger partial charge on any atom is -0.482 e. The minimum absolute atomic E-state index is 0.00804. The number of carbonyl (C=O) groups excluding carboxylic acids is 2. The van der Waals surface area contributed by atoms with Crippen molar-refractivity contribution in [2.75, 3.05) is 23.9 Å². The number of carbonyl (C=O) groups is 2. The maximum Gasteiger partial charge on any atom is 0.264 e. The molecule has 0 fully saturated rings. The zero-order valence-electron chi connectivity index (χ0n) is 14.6. The summed E-state index contributed by atoms with van der Waals surface area (Å²) < 4.78 is 5.46. The van der Waals surface area contributed by atoms with Gasteiger partial charge in [-0.3, -0.25) is 9.59 Å². The molecule has 1 aliphatic heterocycles. The Hall–Kier alpha value is -2.41. The summed E-state index contributed by atoms with van der Waals surface area (Å²) in [6, 6.07) is 5.68. The van der Waals surface area contributed by atoms with Gasteiger partial charge in [-0.25, -0.2) is 4.98 Å². The Morgan fingerprint density at radius 3 is 3.00 bits per heavy atom. The maximum atomic E-state index is 11.9. The predicted molar refractivity (Wildman–Crippen MR) is 99.3 cm³/mol. The molecule has 0 radical (unpaired) electrons. The Morgan fingerprint density at radius 2 is 2.24 bits per heavy atom. The molecule has 132 valence electrons. The SMILES string of the molecule is CCCCC(=O)Nc1nc(-c2ccc3c(c2)N(C)C(=O)CO3)c(C)s1. The third-order valence-electron chi connectivity index (χ3n) is 4.12. The number of thiazole rings is 1. The van der Waals surface area contributed by atoms with Crippen molar-refractivity contribution in [3.05, 3.63) is 23.1 Å². The number of rotatable bonds is 5. The molecular formula is C18H21N3O3S. The topological polar surface area (TPSA) is 71.5 Å². The van der Waals surface area contributed by atoms with Crippen LogP contribution in [0.2, 0.25) is 0 Å². The van der Waals surface area contributed by atoms with Crippen molar-refractivity contribution in [1.29, 1.82) is 0 Å². The number of aromatic nitrogens is 1. The maximum absolute atomic E-state index is 11.9. The average Bonchev–Trinajstić information content (AvgIpc) is 2.96. The fraction of sp³-hybridized carbons (Fsp3) is 0.389. The van der Waals surface area contributed by atoms with Crippen LogP contribution in [0.15, 0.2) is 18.2 Å². The molecule has 6 nitrogen and oxygen atoms in total. The number of likely N-dealkylation sites (N-methyl/N-ethyl adjacent to an activating group) is 1. The van der Waals surface area contributed by atoms with Gasteiger partial charge in [-0.2, -0.15) is 0 Å². The number of ether oxygens (including phenoxy) is 1. The van der Waals surface area contributed by atoms with E-state index in [1.54, 1.807) is 11.9 Å². The Labute approximate surface area is 150 Å². The number of anilines is 2. The first-order chi connectivity index (χ1) is 12.0. The summed E-state index contributed by atoms with van der Waals surface area (Å²) in [6.45, 7) is 4.09. The number of nitrogens with zero attached hydrogens (tertiary/aromatic N) is 2. The van der Waals surface area contributed by atoms with E-state index in [9.17, 15) is 9.59 Å². The van der Waals surface area contributed by atoms with Crippen LogP contribution >= 0.6 is 11.3 Å². The van der Waals surface area contributed by atoms with Gasteiger partial charge in [0.2, 0.25) is 5.91 Å². The van der Waals surface area contributed by atoms with E-state index < -0.39 is 0 Å². The van der Waals surface area contributed by atoms with Crippen LogP contribution in [0, 0.1) is 6.92 Å². The van der Waals surface area contributed by atoms with Gasteiger partial charge in [-0.05, 0) is 31.5 Å². The lowest BCUT2D eigenvalue weighted by atomic mass is 10.1. The summed E-state index contributed by atoms with van der Waals surface area (Å²) in [4.78, 5) is 30.9. The lowest BCUT2D eigenvalue weighted by molar-refractivity contribution is -0.121. The molecule has 0 bridgehead atoms. The molecular weight excluding hydrogens is 338 g/mol. The van der Waals surface area contributed by atoms with Crippen LogP contribution < -0.4 is 15.0 Å². The highest BCUT2D eigenvalue weighted by atomic mass is 32.1. The van der Waals surface area contributed by atoms with Gasteiger partial charge < -0.3 is 15.0 Å². The van der Waals surface area contributed by atoms with Crippen LogP contribution in [0.3, 0.4) is 0 Å². The second-order valence-electron chi connectivity index (χ2n) is 6.00. The van der Waals surface area contributed by atoms with Crippen LogP contribution in [-0.4, -0.2) is 30.5 Å². The first kappa shape index (κ1) is 17.4. The number of fused-ring (bicyclic) bond motifs is 1. The summed E-state index contributed by atoms with van der Waals surface area (Å²) >= 11 is 1.45. The third-order valence-corrected chi connectivity index (χ3v) is 5.01. The molecule has 1 aromatic heterocycles. The quantitative estimate of drug-likeness (QED) is 0.885. The van der Waals surface area contributed by atoms with Crippen LogP contribution in [-0.2, 0) is 9.59 Å². The van der Waals surface area contributed by atoms with Gasteiger partial charge in [-0.15, -0.1) is 11.3 Å². The molecule has 1 N–H and O–H groups in total.